The summed E-state index contributed by atoms with van der Waals surface area (Å²) >= 11 is 5.99. The molecule has 20 heavy (non-hydrogen) atoms. The second-order valence-corrected chi connectivity index (χ2v) is 4.51. The zero-order valence-electron chi connectivity index (χ0n) is 10.3. The molecule has 0 aromatic heterocycles. The minimum absolute atomic E-state index is 0.175. The lowest BCUT2D eigenvalue weighted by Gasteiger charge is -2.11. The number of phenols is 3. The average molecular weight is 291 g/mol. The van der Waals surface area contributed by atoms with E-state index >= 15 is 0 Å². The highest BCUT2D eigenvalue weighted by molar-refractivity contribution is 6.33. The molecule has 2 aromatic rings. The van der Waals surface area contributed by atoms with E-state index in [9.17, 15) is 15.3 Å². The van der Waals surface area contributed by atoms with Crippen molar-refractivity contribution in [3.8, 4) is 23.3 Å². The summed E-state index contributed by atoms with van der Waals surface area (Å²) in [6.45, 7) is 0.175. The first-order chi connectivity index (χ1) is 9.52. The zero-order chi connectivity index (χ0) is 14.7. The van der Waals surface area contributed by atoms with Gasteiger partial charge in [-0.15, -0.1) is 0 Å². The van der Waals surface area contributed by atoms with Crippen LogP contribution in [0.3, 0.4) is 0 Å². The predicted octanol–water partition coefficient (Wildman–Crippen LogP) is 2.94. The molecular formula is C14H11ClN2O3. The third-order valence-electron chi connectivity index (χ3n) is 2.78. The van der Waals surface area contributed by atoms with E-state index < -0.39 is 17.2 Å². The number of rotatable bonds is 3. The summed E-state index contributed by atoms with van der Waals surface area (Å²) in [5.74, 6) is -1.36. The molecule has 4 N–H and O–H groups in total. The summed E-state index contributed by atoms with van der Waals surface area (Å²) < 4.78 is 0. The van der Waals surface area contributed by atoms with Crippen LogP contribution in [0.4, 0.5) is 5.69 Å². The van der Waals surface area contributed by atoms with Crippen molar-refractivity contribution in [2.45, 2.75) is 6.54 Å². The monoisotopic (exact) mass is 290 g/mol. The normalized spacial score (nSPS) is 10.0. The fraction of sp³-hybridized carbons (Fsp3) is 0.0714. The van der Waals surface area contributed by atoms with E-state index in [0.29, 0.717) is 21.8 Å². The predicted molar refractivity (Wildman–Crippen MR) is 74.9 cm³/mol. The molecule has 2 aromatic carbocycles. The van der Waals surface area contributed by atoms with Gasteiger partial charge in [0, 0.05) is 12.1 Å². The third-order valence-corrected chi connectivity index (χ3v) is 3.11. The van der Waals surface area contributed by atoms with Crippen LogP contribution in [-0.4, -0.2) is 15.3 Å². The Balaban J connectivity index is 2.21. The van der Waals surface area contributed by atoms with Crippen LogP contribution in [0, 0.1) is 11.3 Å². The number of hydrogen-bond donors (Lipinski definition) is 4. The Hall–Kier alpha value is -2.58. The molecule has 0 aliphatic rings. The van der Waals surface area contributed by atoms with E-state index in [-0.39, 0.29) is 6.54 Å². The minimum atomic E-state index is -0.568. The molecule has 5 nitrogen and oxygen atoms in total. The van der Waals surface area contributed by atoms with Crippen LogP contribution in [0.25, 0.3) is 0 Å². The van der Waals surface area contributed by atoms with Gasteiger partial charge in [-0.25, -0.2) is 0 Å². The standard InChI is InChI=1S/C14H11ClN2O3/c15-10-3-1-8(6-16)5-11(10)17-7-9-2-4-12(18)14(20)13(9)19/h1-5,17-20H,7H2. The van der Waals surface area contributed by atoms with Gasteiger partial charge in [-0.2, -0.15) is 5.26 Å². The quantitative estimate of drug-likeness (QED) is 0.652. The first-order valence-corrected chi connectivity index (χ1v) is 6.07. The lowest BCUT2D eigenvalue weighted by molar-refractivity contribution is 0.365. The fourth-order valence-corrected chi connectivity index (χ4v) is 1.86. The van der Waals surface area contributed by atoms with E-state index in [0.717, 1.165) is 0 Å². The largest absolute Gasteiger partial charge is 0.504 e. The van der Waals surface area contributed by atoms with Gasteiger partial charge in [-0.3, -0.25) is 0 Å². The van der Waals surface area contributed by atoms with Crippen LogP contribution in [-0.2, 0) is 6.54 Å². The highest BCUT2D eigenvalue weighted by atomic mass is 35.5. The summed E-state index contributed by atoms with van der Waals surface area (Å²) in [5.41, 5.74) is 1.38. The Labute approximate surface area is 120 Å². The topological polar surface area (TPSA) is 96.5 Å². The van der Waals surface area contributed by atoms with Crippen LogP contribution in [0.1, 0.15) is 11.1 Å². The van der Waals surface area contributed by atoms with Crippen LogP contribution in [0.15, 0.2) is 30.3 Å². The van der Waals surface area contributed by atoms with Gasteiger partial charge in [-0.1, -0.05) is 11.6 Å². The van der Waals surface area contributed by atoms with Gasteiger partial charge < -0.3 is 20.6 Å². The third kappa shape index (κ3) is 2.71. The Morgan fingerprint density at radius 3 is 2.55 bits per heavy atom. The Kier molecular flexibility index (Phi) is 3.87. The van der Waals surface area contributed by atoms with Crippen molar-refractivity contribution in [3.05, 3.63) is 46.5 Å². The first kappa shape index (κ1) is 13.8. The molecule has 6 heteroatoms. The first-order valence-electron chi connectivity index (χ1n) is 5.69. The molecule has 0 unspecified atom stereocenters. The summed E-state index contributed by atoms with van der Waals surface area (Å²) in [6, 6.07) is 9.52. The highest BCUT2D eigenvalue weighted by Crippen LogP contribution is 2.37. The molecule has 0 bridgehead atoms. The second-order valence-electron chi connectivity index (χ2n) is 4.10. The van der Waals surface area contributed by atoms with Crippen LogP contribution < -0.4 is 5.32 Å². The van der Waals surface area contributed by atoms with Crippen molar-refractivity contribution < 1.29 is 15.3 Å². The maximum Gasteiger partial charge on any atom is 0.200 e. The maximum atomic E-state index is 9.69. The van der Waals surface area contributed by atoms with Gasteiger partial charge >= 0.3 is 0 Å². The lowest BCUT2D eigenvalue weighted by Crippen LogP contribution is -2.00. The van der Waals surface area contributed by atoms with Gasteiger partial charge in [0.15, 0.2) is 11.5 Å². The van der Waals surface area contributed by atoms with Crippen LogP contribution in [0.5, 0.6) is 17.2 Å². The van der Waals surface area contributed by atoms with Crippen LogP contribution >= 0.6 is 11.6 Å². The molecule has 0 fully saturated rings. The maximum absolute atomic E-state index is 9.69. The molecular weight excluding hydrogens is 280 g/mol. The molecule has 2 rings (SSSR count). The number of nitriles is 1. The smallest absolute Gasteiger partial charge is 0.200 e. The van der Waals surface area contributed by atoms with Gasteiger partial charge in [0.25, 0.3) is 0 Å². The molecule has 0 atom stereocenters. The molecule has 0 aliphatic carbocycles. The second kappa shape index (κ2) is 5.59. The van der Waals surface area contributed by atoms with E-state index in [4.69, 9.17) is 16.9 Å². The van der Waals surface area contributed by atoms with Crippen molar-refractivity contribution in [1.82, 2.24) is 0 Å². The minimum Gasteiger partial charge on any atom is -0.504 e. The van der Waals surface area contributed by atoms with E-state index in [1.54, 1.807) is 18.2 Å². The van der Waals surface area contributed by atoms with Crippen molar-refractivity contribution >= 4 is 17.3 Å². The molecule has 0 spiro atoms. The van der Waals surface area contributed by atoms with E-state index in [1.807, 2.05) is 6.07 Å². The van der Waals surface area contributed by atoms with Gasteiger partial charge in [0.2, 0.25) is 5.75 Å². The Morgan fingerprint density at radius 1 is 1.10 bits per heavy atom. The van der Waals surface area contributed by atoms with Crippen molar-refractivity contribution in [2.75, 3.05) is 5.32 Å². The number of aromatic hydroxyl groups is 3. The number of nitrogens with one attached hydrogen (secondary N) is 1. The average Bonchev–Trinajstić information content (AvgIpc) is 2.45. The molecule has 0 saturated heterocycles. The summed E-state index contributed by atoms with van der Waals surface area (Å²) in [4.78, 5) is 0. The molecule has 0 heterocycles. The lowest BCUT2D eigenvalue weighted by atomic mass is 10.1. The summed E-state index contributed by atoms with van der Waals surface area (Å²) in [5, 5.41) is 40.6. The number of phenolic OH excluding ortho intramolecular Hbond substituents is 3. The fourth-order valence-electron chi connectivity index (χ4n) is 1.67. The highest BCUT2D eigenvalue weighted by Gasteiger charge is 2.11. The zero-order valence-corrected chi connectivity index (χ0v) is 11.0. The van der Waals surface area contributed by atoms with Gasteiger partial charge in [0.05, 0.1) is 22.3 Å². The van der Waals surface area contributed by atoms with E-state index in [2.05, 4.69) is 5.32 Å². The number of benzene rings is 2. The SMILES string of the molecule is N#Cc1ccc(Cl)c(NCc2ccc(O)c(O)c2O)c1. The number of hydrogen-bond acceptors (Lipinski definition) is 5. The summed E-state index contributed by atoms with van der Waals surface area (Å²) in [6.07, 6.45) is 0. The number of halogens is 1. The molecule has 0 radical (unpaired) electrons. The molecule has 0 amide bonds. The van der Waals surface area contributed by atoms with Crippen molar-refractivity contribution in [3.63, 3.8) is 0 Å². The van der Waals surface area contributed by atoms with Crippen LogP contribution in [0.2, 0.25) is 5.02 Å². The molecule has 0 saturated carbocycles. The number of anilines is 1. The van der Waals surface area contributed by atoms with Gasteiger partial charge in [-0.05, 0) is 30.3 Å². The van der Waals surface area contributed by atoms with Crippen molar-refractivity contribution in [2.24, 2.45) is 0 Å². The summed E-state index contributed by atoms with van der Waals surface area (Å²) in [7, 11) is 0. The Bertz CT molecular complexity index is 696. The molecule has 102 valence electrons. The number of nitrogens with zero attached hydrogens (tertiary/aromatic N) is 1. The Morgan fingerprint density at radius 2 is 1.85 bits per heavy atom. The van der Waals surface area contributed by atoms with Gasteiger partial charge in [0.1, 0.15) is 0 Å². The van der Waals surface area contributed by atoms with E-state index in [1.165, 1.54) is 12.1 Å². The molecule has 0 aliphatic heterocycles. The van der Waals surface area contributed by atoms with Crippen molar-refractivity contribution in [1.29, 1.82) is 5.26 Å².